The maximum Gasteiger partial charge on any atom is 0.258 e. The topological polar surface area (TPSA) is 107 Å². The second-order valence-corrected chi connectivity index (χ2v) is 7.08. The summed E-state index contributed by atoms with van der Waals surface area (Å²) in [4.78, 5) is 12.7. The molecule has 0 saturated heterocycles. The molecule has 0 unspecified atom stereocenters. The molecule has 120 valence electrons. The molecule has 1 aromatic heterocycles. The van der Waals surface area contributed by atoms with Gasteiger partial charge in [0, 0.05) is 12.1 Å². The Bertz CT molecular complexity index is 914. The van der Waals surface area contributed by atoms with Gasteiger partial charge in [-0.15, -0.1) is 0 Å². The summed E-state index contributed by atoms with van der Waals surface area (Å²) in [7, 11) is -3.42. The number of carbonyl (C=O) groups is 1. The van der Waals surface area contributed by atoms with E-state index in [1.165, 1.54) is 4.68 Å². The van der Waals surface area contributed by atoms with Gasteiger partial charge < -0.3 is 0 Å². The lowest BCUT2D eigenvalue weighted by atomic mass is 10.0. The summed E-state index contributed by atoms with van der Waals surface area (Å²) in [5.41, 5.74) is 1.32. The van der Waals surface area contributed by atoms with E-state index in [9.17, 15) is 13.2 Å². The van der Waals surface area contributed by atoms with Crippen LogP contribution in [0.4, 0.5) is 5.95 Å². The lowest BCUT2D eigenvalue weighted by molar-refractivity contribution is 0.102. The van der Waals surface area contributed by atoms with Crippen molar-refractivity contribution in [1.82, 2.24) is 20.2 Å². The number of aryl methyl sites for hydroxylation is 1. The lowest BCUT2D eigenvalue weighted by Gasteiger charge is -2.16. The van der Waals surface area contributed by atoms with E-state index in [4.69, 9.17) is 0 Å². The SMILES string of the molecule is CCn1nnnc1NC(=O)c1ccc2c(c1C)S(=O)(=O)CC=C2. The number of nitrogens with one attached hydrogen (secondary N) is 1. The van der Waals surface area contributed by atoms with E-state index in [1.54, 1.807) is 31.2 Å². The minimum absolute atomic E-state index is 0.0556. The van der Waals surface area contributed by atoms with Crippen molar-refractivity contribution in [2.45, 2.75) is 25.3 Å². The fourth-order valence-corrected chi connectivity index (χ4v) is 4.15. The van der Waals surface area contributed by atoms with Crippen LogP contribution in [-0.2, 0) is 16.4 Å². The zero-order valence-electron chi connectivity index (χ0n) is 12.6. The van der Waals surface area contributed by atoms with Crippen LogP contribution in [0.5, 0.6) is 0 Å². The number of hydrogen-bond acceptors (Lipinski definition) is 6. The van der Waals surface area contributed by atoms with Crippen LogP contribution in [0.25, 0.3) is 6.08 Å². The summed E-state index contributed by atoms with van der Waals surface area (Å²) < 4.78 is 26.0. The fraction of sp³-hybridized carbons (Fsp3) is 0.286. The third-order valence-corrected chi connectivity index (χ3v) is 5.46. The monoisotopic (exact) mass is 333 g/mol. The van der Waals surface area contributed by atoms with E-state index in [-0.39, 0.29) is 22.2 Å². The van der Waals surface area contributed by atoms with Crippen LogP contribution in [0.15, 0.2) is 23.1 Å². The molecule has 8 nitrogen and oxygen atoms in total. The van der Waals surface area contributed by atoms with Gasteiger partial charge in [-0.2, -0.15) is 0 Å². The van der Waals surface area contributed by atoms with Crippen molar-refractivity contribution in [3.63, 3.8) is 0 Å². The Morgan fingerprint density at radius 1 is 1.39 bits per heavy atom. The molecule has 23 heavy (non-hydrogen) atoms. The number of hydrogen-bond donors (Lipinski definition) is 1. The number of benzene rings is 1. The third kappa shape index (κ3) is 2.63. The van der Waals surface area contributed by atoms with E-state index < -0.39 is 15.7 Å². The molecule has 0 saturated carbocycles. The molecule has 3 rings (SSSR count). The second-order valence-electron chi connectivity index (χ2n) is 5.11. The van der Waals surface area contributed by atoms with Gasteiger partial charge >= 0.3 is 0 Å². The molecule has 0 aliphatic carbocycles. The molecule has 1 amide bonds. The standard InChI is InChI=1S/C14H15N5O3S/c1-3-19-14(16-17-18-19)15-13(20)11-7-6-10-5-4-8-23(21,22)12(10)9(11)2/h4-7H,3,8H2,1-2H3,(H,15,16,18,20). The average Bonchev–Trinajstić information content (AvgIpc) is 2.93. The van der Waals surface area contributed by atoms with Crippen LogP contribution in [0.3, 0.4) is 0 Å². The molecule has 1 aliphatic rings. The predicted molar refractivity (Wildman–Crippen MR) is 83.7 cm³/mol. The van der Waals surface area contributed by atoms with Gasteiger partial charge in [-0.1, -0.05) is 23.3 Å². The van der Waals surface area contributed by atoms with E-state index >= 15 is 0 Å². The Hall–Kier alpha value is -2.55. The average molecular weight is 333 g/mol. The van der Waals surface area contributed by atoms with E-state index in [2.05, 4.69) is 20.8 Å². The zero-order valence-corrected chi connectivity index (χ0v) is 13.5. The molecule has 0 spiro atoms. The van der Waals surface area contributed by atoms with E-state index in [0.29, 0.717) is 17.7 Å². The van der Waals surface area contributed by atoms with Crippen LogP contribution >= 0.6 is 0 Å². The van der Waals surface area contributed by atoms with E-state index in [1.807, 2.05) is 6.92 Å². The zero-order chi connectivity index (χ0) is 16.6. The number of tetrazole rings is 1. The molecule has 1 aliphatic heterocycles. The summed E-state index contributed by atoms with van der Waals surface area (Å²) in [5.74, 6) is -0.281. The first-order chi connectivity index (χ1) is 10.9. The number of nitrogens with zero attached hydrogens (tertiary/aromatic N) is 4. The first kappa shape index (κ1) is 15.3. The maximum absolute atomic E-state index is 12.5. The van der Waals surface area contributed by atoms with Crippen molar-refractivity contribution < 1.29 is 13.2 Å². The predicted octanol–water partition coefficient (Wildman–Crippen LogP) is 1.05. The molecular weight excluding hydrogens is 318 g/mol. The molecule has 1 aromatic carbocycles. The Morgan fingerprint density at radius 2 is 2.17 bits per heavy atom. The van der Waals surface area contributed by atoms with Crippen molar-refractivity contribution in [3.05, 3.63) is 34.9 Å². The highest BCUT2D eigenvalue weighted by molar-refractivity contribution is 7.91. The normalized spacial score (nSPS) is 15.2. The Morgan fingerprint density at radius 3 is 2.91 bits per heavy atom. The summed E-state index contributed by atoms with van der Waals surface area (Å²) in [5, 5.41) is 13.6. The molecule has 1 N–H and O–H groups in total. The Balaban J connectivity index is 2.01. The first-order valence-electron chi connectivity index (χ1n) is 7.04. The molecule has 0 radical (unpaired) electrons. The van der Waals surface area contributed by atoms with Crippen molar-refractivity contribution in [2.75, 3.05) is 11.1 Å². The number of amides is 1. The summed E-state index contributed by atoms with van der Waals surface area (Å²) in [6.45, 7) is 3.98. The summed E-state index contributed by atoms with van der Waals surface area (Å²) in [6.07, 6.45) is 3.36. The van der Waals surface area contributed by atoms with Gasteiger partial charge in [0.25, 0.3) is 5.91 Å². The largest absolute Gasteiger partial charge is 0.289 e. The number of rotatable bonds is 3. The molecule has 2 heterocycles. The first-order valence-corrected chi connectivity index (χ1v) is 8.69. The van der Waals surface area contributed by atoms with Crippen LogP contribution in [-0.4, -0.2) is 40.3 Å². The van der Waals surface area contributed by atoms with Gasteiger partial charge in [0.2, 0.25) is 5.95 Å². The fourth-order valence-electron chi connectivity index (χ4n) is 2.56. The summed E-state index contributed by atoms with van der Waals surface area (Å²) in [6, 6.07) is 3.24. The van der Waals surface area contributed by atoms with Crippen molar-refractivity contribution >= 4 is 27.8 Å². The molecule has 0 fully saturated rings. The number of aromatic nitrogens is 4. The van der Waals surface area contributed by atoms with E-state index in [0.717, 1.165) is 0 Å². The molecular formula is C14H15N5O3S. The van der Waals surface area contributed by atoms with Gasteiger partial charge in [-0.25, -0.2) is 13.1 Å². The summed E-state index contributed by atoms with van der Waals surface area (Å²) >= 11 is 0. The number of anilines is 1. The van der Waals surface area contributed by atoms with Crippen molar-refractivity contribution in [2.24, 2.45) is 0 Å². The minimum Gasteiger partial charge on any atom is -0.289 e. The second kappa shape index (κ2) is 5.58. The van der Waals surface area contributed by atoms with Crippen LogP contribution < -0.4 is 5.32 Å². The Labute approximate surface area is 133 Å². The highest BCUT2D eigenvalue weighted by Crippen LogP contribution is 2.29. The van der Waals surface area contributed by atoms with Crippen LogP contribution in [0.2, 0.25) is 0 Å². The lowest BCUT2D eigenvalue weighted by Crippen LogP contribution is -2.20. The number of sulfone groups is 1. The van der Waals surface area contributed by atoms with Gasteiger partial charge in [0.05, 0.1) is 10.6 Å². The molecule has 0 bridgehead atoms. The Kier molecular flexibility index (Phi) is 3.72. The van der Waals surface area contributed by atoms with Crippen molar-refractivity contribution in [3.8, 4) is 0 Å². The maximum atomic E-state index is 12.5. The van der Waals surface area contributed by atoms with Gasteiger partial charge in [-0.05, 0) is 41.5 Å². The smallest absolute Gasteiger partial charge is 0.258 e. The number of carbonyl (C=O) groups excluding carboxylic acids is 1. The number of fused-ring (bicyclic) bond motifs is 1. The minimum atomic E-state index is -3.42. The quantitative estimate of drug-likeness (QED) is 0.900. The third-order valence-electron chi connectivity index (χ3n) is 3.66. The highest BCUT2D eigenvalue weighted by Gasteiger charge is 2.26. The van der Waals surface area contributed by atoms with Gasteiger partial charge in [0.1, 0.15) is 0 Å². The molecule has 9 heteroatoms. The van der Waals surface area contributed by atoms with Crippen LogP contribution in [0, 0.1) is 6.92 Å². The van der Waals surface area contributed by atoms with Gasteiger partial charge in [-0.3, -0.25) is 10.1 Å². The molecule has 0 atom stereocenters. The van der Waals surface area contributed by atoms with Gasteiger partial charge in [0.15, 0.2) is 9.84 Å². The molecule has 2 aromatic rings. The highest BCUT2D eigenvalue weighted by atomic mass is 32.2. The van der Waals surface area contributed by atoms with Crippen molar-refractivity contribution in [1.29, 1.82) is 0 Å². The van der Waals surface area contributed by atoms with Crippen LogP contribution in [0.1, 0.15) is 28.4 Å².